The number of ether oxygens (including phenoxy) is 2. The summed E-state index contributed by atoms with van der Waals surface area (Å²) in [6.45, 7) is 2.88. The summed E-state index contributed by atoms with van der Waals surface area (Å²) in [6, 6.07) is 22.9. The number of rotatable bonds is 8. The van der Waals surface area contributed by atoms with Crippen molar-refractivity contribution in [2.45, 2.75) is 12.8 Å². The maximum Gasteiger partial charge on any atom is 0.227 e. The van der Waals surface area contributed by atoms with E-state index >= 15 is 0 Å². The maximum absolute atomic E-state index is 14.1. The van der Waals surface area contributed by atoms with Gasteiger partial charge < -0.3 is 19.3 Å². The molecule has 1 saturated heterocycles. The molecule has 182 valence electrons. The Morgan fingerprint density at radius 1 is 0.914 bits per heavy atom. The van der Waals surface area contributed by atoms with Gasteiger partial charge in [-0.2, -0.15) is 0 Å². The van der Waals surface area contributed by atoms with Crippen molar-refractivity contribution in [3.05, 3.63) is 95.8 Å². The Balaban J connectivity index is 1.43. The van der Waals surface area contributed by atoms with E-state index in [2.05, 4.69) is 11.0 Å². The number of carbonyl (C=O) groups is 1. The van der Waals surface area contributed by atoms with Crippen LogP contribution in [0.5, 0.6) is 11.5 Å². The highest BCUT2D eigenvalue weighted by atomic mass is 19.1. The molecule has 1 fully saturated rings. The number of piperazine rings is 1. The quantitative estimate of drug-likeness (QED) is 0.450. The Labute approximate surface area is 206 Å². The Morgan fingerprint density at radius 2 is 1.69 bits per heavy atom. The minimum Gasteiger partial charge on any atom is -0.497 e. The first-order valence-electron chi connectivity index (χ1n) is 11.8. The predicted octanol–water partition coefficient (Wildman–Crippen LogP) is 5.21. The lowest BCUT2D eigenvalue weighted by molar-refractivity contribution is -0.130. The van der Waals surface area contributed by atoms with Gasteiger partial charge in [-0.25, -0.2) is 4.39 Å². The lowest BCUT2D eigenvalue weighted by atomic mass is 9.99. The molecule has 0 saturated carbocycles. The number of amides is 1. The van der Waals surface area contributed by atoms with Gasteiger partial charge in [-0.15, -0.1) is 0 Å². The van der Waals surface area contributed by atoms with Gasteiger partial charge in [-0.3, -0.25) is 4.79 Å². The molecule has 0 spiro atoms. The van der Waals surface area contributed by atoms with Crippen LogP contribution in [0.25, 0.3) is 5.57 Å². The second-order valence-electron chi connectivity index (χ2n) is 8.51. The van der Waals surface area contributed by atoms with Crippen molar-refractivity contribution in [1.82, 2.24) is 4.90 Å². The minimum atomic E-state index is -0.385. The standard InChI is InChI=1S/C29H31FN2O3/c1-34-26-10-6-9-25(21-26)31-15-17-32(18-16-31)29(33)20-24(23-7-4-3-5-8-23)13-11-22-12-14-28(35-2)27(30)19-22/h3-10,12-14,19,21H,11,15-18,20H2,1-2H3/b24-13-. The van der Waals surface area contributed by atoms with Gasteiger partial charge in [-0.1, -0.05) is 48.5 Å². The Hall–Kier alpha value is -3.80. The molecular formula is C29H31FN2O3. The van der Waals surface area contributed by atoms with Gasteiger partial charge >= 0.3 is 0 Å². The van der Waals surface area contributed by atoms with Gasteiger partial charge in [0.15, 0.2) is 11.6 Å². The van der Waals surface area contributed by atoms with Crippen LogP contribution in [0.3, 0.4) is 0 Å². The number of hydrogen-bond donors (Lipinski definition) is 0. The van der Waals surface area contributed by atoms with E-state index in [9.17, 15) is 9.18 Å². The fourth-order valence-electron chi connectivity index (χ4n) is 4.32. The molecule has 35 heavy (non-hydrogen) atoms. The van der Waals surface area contributed by atoms with Crippen LogP contribution in [0.15, 0.2) is 78.9 Å². The smallest absolute Gasteiger partial charge is 0.227 e. The van der Waals surface area contributed by atoms with Crippen molar-refractivity contribution in [3.8, 4) is 11.5 Å². The topological polar surface area (TPSA) is 42.0 Å². The third-order valence-electron chi connectivity index (χ3n) is 6.34. The number of anilines is 1. The van der Waals surface area contributed by atoms with Crippen LogP contribution >= 0.6 is 0 Å². The Bertz CT molecular complexity index is 1170. The van der Waals surface area contributed by atoms with Crippen LogP contribution in [0, 0.1) is 5.82 Å². The first-order chi connectivity index (χ1) is 17.1. The highest BCUT2D eigenvalue weighted by Gasteiger charge is 2.22. The number of carbonyl (C=O) groups excluding carboxylic acids is 1. The van der Waals surface area contributed by atoms with Gasteiger partial charge in [0.05, 0.1) is 20.6 Å². The predicted molar refractivity (Wildman–Crippen MR) is 137 cm³/mol. The van der Waals surface area contributed by atoms with Crippen LogP contribution < -0.4 is 14.4 Å². The van der Waals surface area contributed by atoms with E-state index in [1.807, 2.05) is 65.6 Å². The largest absolute Gasteiger partial charge is 0.497 e. The fourth-order valence-corrected chi connectivity index (χ4v) is 4.32. The van der Waals surface area contributed by atoms with E-state index in [4.69, 9.17) is 9.47 Å². The molecule has 3 aromatic rings. The lowest BCUT2D eigenvalue weighted by Crippen LogP contribution is -2.48. The second-order valence-corrected chi connectivity index (χ2v) is 8.51. The number of halogens is 1. The molecule has 0 radical (unpaired) electrons. The fraction of sp³-hybridized carbons (Fsp3) is 0.276. The number of allylic oxidation sites excluding steroid dienone is 1. The van der Waals surface area contributed by atoms with Crippen LogP contribution in [0.2, 0.25) is 0 Å². The molecule has 0 bridgehead atoms. The van der Waals surface area contributed by atoms with E-state index in [1.165, 1.54) is 13.2 Å². The lowest BCUT2D eigenvalue weighted by Gasteiger charge is -2.36. The second kappa shape index (κ2) is 11.6. The molecule has 1 aliphatic rings. The summed E-state index contributed by atoms with van der Waals surface area (Å²) in [5, 5.41) is 0. The van der Waals surface area contributed by atoms with Crippen LogP contribution in [0.4, 0.5) is 10.1 Å². The average Bonchev–Trinajstić information content (AvgIpc) is 2.91. The van der Waals surface area contributed by atoms with Crippen LogP contribution in [-0.2, 0) is 11.2 Å². The summed E-state index contributed by atoms with van der Waals surface area (Å²) in [5.74, 6) is 0.774. The van der Waals surface area contributed by atoms with Gasteiger partial charge in [-0.05, 0) is 47.4 Å². The molecule has 1 amide bonds. The van der Waals surface area contributed by atoms with Crippen molar-refractivity contribution in [1.29, 1.82) is 0 Å². The first kappa shape index (κ1) is 24.3. The number of benzene rings is 3. The van der Waals surface area contributed by atoms with Crippen molar-refractivity contribution >= 4 is 17.2 Å². The van der Waals surface area contributed by atoms with Crippen LogP contribution in [-0.4, -0.2) is 51.2 Å². The third-order valence-corrected chi connectivity index (χ3v) is 6.34. The zero-order valence-electron chi connectivity index (χ0n) is 20.2. The molecule has 3 aromatic carbocycles. The van der Waals surface area contributed by atoms with Gasteiger partial charge in [0.25, 0.3) is 0 Å². The zero-order valence-corrected chi connectivity index (χ0v) is 20.2. The number of nitrogens with zero attached hydrogens (tertiary/aromatic N) is 2. The molecule has 0 atom stereocenters. The van der Waals surface area contributed by atoms with E-state index in [-0.39, 0.29) is 17.5 Å². The number of methoxy groups -OCH3 is 2. The molecule has 0 N–H and O–H groups in total. The summed E-state index contributed by atoms with van der Waals surface area (Å²) in [4.78, 5) is 17.5. The monoisotopic (exact) mass is 474 g/mol. The van der Waals surface area contributed by atoms with Crippen LogP contribution in [0.1, 0.15) is 17.5 Å². The first-order valence-corrected chi connectivity index (χ1v) is 11.8. The summed E-state index contributed by atoms with van der Waals surface area (Å²) in [7, 11) is 3.12. The summed E-state index contributed by atoms with van der Waals surface area (Å²) in [5.41, 5.74) is 3.89. The molecule has 1 aliphatic heterocycles. The third kappa shape index (κ3) is 6.21. The molecule has 6 heteroatoms. The Kier molecular flexibility index (Phi) is 8.03. The number of hydrogen-bond acceptors (Lipinski definition) is 4. The molecule has 0 aliphatic carbocycles. The zero-order chi connectivity index (χ0) is 24.6. The van der Waals surface area contributed by atoms with E-state index in [0.717, 1.165) is 41.2 Å². The Morgan fingerprint density at radius 3 is 2.37 bits per heavy atom. The van der Waals surface area contributed by atoms with E-state index in [1.54, 1.807) is 13.2 Å². The van der Waals surface area contributed by atoms with Crippen molar-refractivity contribution in [2.24, 2.45) is 0 Å². The van der Waals surface area contributed by atoms with Crippen molar-refractivity contribution in [3.63, 3.8) is 0 Å². The average molecular weight is 475 g/mol. The normalized spacial score (nSPS) is 14.1. The summed E-state index contributed by atoms with van der Waals surface area (Å²) in [6.07, 6.45) is 2.87. The summed E-state index contributed by atoms with van der Waals surface area (Å²) >= 11 is 0. The van der Waals surface area contributed by atoms with Gasteiger partial charge in [0.1, 0.15) is 5.75 Å². The minimum absolute atomic E-state index is 0.103. The van der Waals surface area contributed by atoms with Crippen molar-refractivity contribution in [2.75, 3.05) is 45.3 Å². The maximum atomic E-state index is 14.1. The van der Waals surface area contributed by atoms with Gasteiger partial charge in [0.2, 0.25) is 5.91 Å². The van der Waals surface area contributed by atoms with Gasteiger partial charge in [0, 0.05) is 37.9 Å². The van der Waals surface area contributed by atoms with Crippen molar-refractivity contribution < 1.29 is 18.7 Å². The summed E-state index contributed by atoms with van der Waals surface area (Å²) < 4.78 is 24.5. The van der Waals surface area contributed by atoms with E-state index in [0.29, 0.717) is 25.9 Å². The molecule has 5 nitrogen and oxygen atoms in total. The molecule has 0 aromatic heterocycles. The molecule has 0 unspecified atom stereocenters. The molecule has 4 rings (SSSR count). The molecule has 1 heterocycles. The SMILES string of the molecule is COc1cccc(N2CCN(C(=O)C/C(=C/Cc3ccc(OC)c(F)c3)c3ccccc3)CC2)c1. The highest BCUT2D eigenvalue weighted by molar-refractivity contribution is 5.89. The van der Waals surface area contributed by atoms with E-state index < -0.39 is 0 Å². The molecular weight excluding hydrogens is 443 g/mol. The highest BCUT2D eigenvalue weighted by Crippen LogP contribution is 2.25.